The van der Waals surface area contributed by atoms with E-state index in [0.29, 0.717) is 12.8 Å². The minimum Gasteiger partial charge on any atom is -0.508 e. The third kappa shape index (κ3) is 2.53. The van der Waals surface area contributed by atoms with Crippen LogP contribution in [-0.4, -0.2) is 15.3 Å². The van der Waals surface area contributed by atoms with Gasteiger partial charge in [-0.25, -0.2) is 0 Å². The summed E-state index contributed by atoms with van der Waals surface area (Å²) in [6.45, 7) is 4.00. The molecule has 0 aromatic heterocycles. The van der Waals surface area contributed by atoms with Gasteiger partial charge in [-0.2, -0.15) is 0 Å². The van der Waals surface area contributed by atoms with Gasteiger partial charge in [0.15, 0.2) is 11.5 Å². The highest BCUT2D eigenvalue weighted by Crippen LogP contribution is 2.18. The van der Waals surface area contributed by atoms with E-state index in [-0.39, 0.29) is 17.3 Å². The maximum Gasteiger partial charge on any atom is 0.195 e. The summed E-state index contributed by atoms with van der Waals surface area (Å²) in [5.41, 5.74) is 0. The first kappa shape index (κ1) is 9.88. The summed E-state index contributed by atoms with van der Waals surface area (Å²) in [6.07, 6.45) is 2.46. The molecular formula is C8H14O3. The van der Waals surface area contributed by atoms with Gasteiger partial charge in [0, 0.05) is 6.42 Å². The topological polar surface area (TPSA) is 60.7 Å². The minimum atomic E-state index is -0.388. The lowest BCUT2D eigenvalue weighted by molar-refractivity contribution is 0.267. The fourth-order valence-electron chi connectivity index (χ4n) is 0.709. The lowest BCUT2D eigenvalue weighted by atomic mass is 10.1. The van der Waals surface area contributed by atoms with E-state index in [1.54, 1.807) is 0 Å². The highest BCUT2D eigenvalue weighted by atomic mass is 16.3. The average molecular weight is 158 g/mol. The molecule has 0 fully saturated rings. The van der Waals surface area contributed by atoms with Crippen molar-refractivity contribution in [2.75, 3.05) is 0 Å². The van der Waals surface area contributed by atoms with Gasteiger partial charge in [-0.1, -0.05) is 13.8 Å². The van der Waals surface area contributed by atoms with Gasteiger partial charge in [-0.15, -0.1) is 0 Å². The molecule has 0 aliphatic heterocycles. The quantitative estimate of drug-likeness (QED) is 0.507. The molecule has 3 nitrogen and oxygen atoms in total. The van der Waals surface area contributed by atoms with Crippen molar-refractivity contribution in [2.24, 2.45) is 0 Å². The fraction of sp³-hybridized carbons (Fsp3) is 0.500. The Balaban J connectivity index is 0.000000461. The number of allylic oxidation sites excluding steroid dienone is 2. The zero-order valence-electron chi connectivity index (χ0n) is 6.83. The molecule has 0 aromatic rings. The van der Waals surface area contributed by atoms with E-state index in [1.807, 2.05) is 13.8 Å². The summed E-state index contributed by atoms with van der Waals surface area (Å²) >= 11 is 0. The Morgan fingerprint density at radius 1 is 1.18 bits per heavy atom. The molecule has 64 valence electrons. The molecule has 1 aliphatic carbocycles. The summed E-state index contributed by atoms with van der Waals surface area (Å²) in [6, 6.07) is 0. The SMILES string of the molecule is CC.OC1=CCCC(O)=C1O. The zero-order valence-corrected chi connectivity index (χ0v) is 6.83. The van der Waals surface area contributed by atoms with Crippen LogP contribution in [0.4, 0.5) is 0 Å². The smallest absolute Gasteiger partial charge is 0.195 e. The molecule has 11 heavy (non-hydrogen) atoms. The van der Waals surface area contributed by atoms with Gasteiger partial charge in [0.2, 0.25) is 0 Å². The van der Waals surface area contributed by atoms with E-state index in [2.05, 4.69) is 0 Å². The number of aliphatic hydroxyl groups excluding tert-OH is 3. The predicted molar refractivity (Wildman–Crippen MR) is 43.6 cm³/mol. The number of rotatable bonds is 0. The molecule has 0 saturated heterocycles. The second-order valence-electron chi connectivity index (χ2n) is 1.92. The van der Waals surface area contributed by atoms with Gasteiger partial charge in [-0.05, 0) is 12.5 Å². The van der Waals surface area contributed by atoms with Crippen LogP contribution < -0.4 is 0 Å². The zero-order chi connectivity index (χ0) is 8.85. The van der Waals surface area contributed by atoms with E-state index in [9.17, 15) is 0 Å². The van der Waals surface area contributed by atoms with Gasteiger partial charge in [-0.3, -0.25) is 0 Å². The Morgan fingerprint density at radius 3 is 2.09 bits per heavy atom. The van der Waals surface area contributed by atoms with Crippen LogP contribution >= 0.6 is 0 Å². The van der Waals surface area contributed by atoms with E-state index in [0.717, 1.165) is 0 Å². The van der Waals surface area contributed by atoms with Gasteiger partial charge >= 0.3 is 0 Å². The molecule has 0 atom stereocenters. The molecule has 0 aromatic carbocycles. The Kier molecular flexibility index (Phi) is 4.18. The second-order valence-corrected chi connectivity index (χ2v) is 1.92. The Bertz CT molecular complexity index is 180. The maximum absolute atomic E-state index is 8.78. The van der Waals surface area contributed by atoms with Crippen LogP contribution in [0.15, 0.2) is 23.4 Å². The number of aliphatic hydroxyl groups is 3. The second kappa shape index (κ2) is 4.66. The van der Waals surface area contributed by atoms with Crippen LogP contribution in [0, 0.1) is 0 Å². The summed E-state index contributed by atoms with van der Waals surface area (Å²) in [7, 11) is 0. The van der Waals surface area contributed by atoms with Crippen LogP contribution in [0.1, 0.15) is 26.7 Å². The van der Waals surface area contributed by atoms with Crippen molar-refractivity contribution in [2.45, 2.75) is 26.7 Å². The standard InChI is InChI=1S/C6H8O3.C2H6/c7-4-2-1-3-5(8)6(4)9;1-2/h2,7-9H,1,3H2;1-2H3. The molecule has 0 spiro atoms. The van der Waals surface area contributed by atoms with Crippen LogP contribution in [0.5, 0.6) is 0 Å². The van der Waals surface area contributed by atoms with Crippen molar-refractivity contribution < 1.29 is 15.3 Å². The first-order valence-corrected chi connectivity index (χ1v) is 3.72. The normalized spacial score (nSPS) is 16.7. The molecule has 3 heteroatoms. The maximum atomic E-state index is 8.78. The number of hydrogen-bond donors (Lipinski definition) is 3. The van der Waals surface area contributed by atoms with Crippen molar-refractivity contribution >= 4 is 0 Å². The van der Waals surface area contributed by atoms with E-state index in [1.165, 1.54) is 6.08 Å². The van der Waals surface area contributed by atoms with Crippen LogP contribution in [0.3, 0.4) is 0 Å². The molecular weight excluding hydrogens is 144 g/mol. The largest absolute Gasteiger partial charge is 0.508 e. The highest BCUT2D eigenvalue weighted by molar-refractivity contribution is 5.24. The fourth-order valence-corrected chi connectivity index (χ4v) is 0.709. The predicted octanol–water partition coefficient (Wildman–Crippen LogP) is 2.58. The van der Waals surface area contributed by atoms with Crippen molar-refractivity contribution in [3.63, 3.8) is 0 Å². The van der Waals surface area contributed by atoms with Gasteiger partial charge in [0.1, 0.15) is 5.76 Å². The lowest BCUT2D eigenvalue weighted by Crippen LogP contribution is -1.99. The summed E-state index contributed by atoms with van der Waals surface area (Å²) in [4.78, 5) is 0. The Labute approximate surface area is 66.3 Å². The third-order valence-electron chi connectivity index (χ3n) is 1.23. The first-order chi connectivity index (χ1) is 5.22. The molecule has 0 unspecified atom stereocenters. The molecule has 0 heterocycles. The van der Waals surface area contributed by atoms with Crippen molar-refractivity contribution in [1.82, 2.24) is 0 Å². The number of hydrogen-bond acceptors (Lipinski definition) is 3. The van der Waals surface area contributed by atoms with Crippen LogP contribution in [-0.2, 0) is 0 Å². The van der Waals surface area contributed by atoms with Crippen molar-refractivity contribution in [1.29, 1.82) is 0 Å². The third-order valence-corrected chi connectivity index (χ3v) is 1.23. The van der Waals surface area contributed by atoms with Crippen molar-refractivity contribution in [3.8, 4) is 0 Å². The molecule has 0 amide bonds. The molecule has 1 aliphatic rings. The average Bonchev–Trinajstić information content (AvgIpc) is 2.04. The summed E-state index contributed by atoms with van der Waals surface area (Å²) in [5, 5.41) is 26.3. The highest BCUT2D eigenvalue weighted by Gasteiger charge is 2.11. The Hall–Kier alpha value is -1.12. The molecule has 1 rings (SSSR count). The summed E-state index contributed by atoms with van der Waals surface area (Å²) in [5.74, 6) is -0.741. The van der Waals surface area contributed by atoms with E-state index < -0.39 is 0 Å². The summed E-state index contributed by atoms with van der Waals surface area (Å²) < 4.78 is 0. The Morgan fingerprint density at radius 2 is 1.73 bits per heavy atom. The first-order valence-electron chi connectivity index (χ1n) is 3.72. The van der Waals surface area contributed by atoms with Crippen molar-refractivity contribution in [3.05, 3.63) is 23.4 Å². The molecule has 0 radical (unpaired) electrons. The molecule has 0 bridgehead atoms. The van der Waals surface area contributed by atoms with Gasteiger partial charge in [0.25, 0.3) is 0 Å². The van der Waals surface area contributed by atoms with E-state index in [4.69, 9.17) is 15.3 Å². The minimum absolute atomic E-state index is 0.130. The van der Waals surface area contributed by atoms with Gasteiger partial charge in [0.05, 0.1) is 0 Å². The van der Waals surface area contributed by atoms with Gasteiger partial charge < -0.3 is 15.3 Å². The lowest BCUT2D eigenvalue weighted by Gasteiger charge is -2.07. The molecule has 0 saturated carbocycles. The van der Waals surface area contributed by atoms with Crippen LogP contribution in [0.2, 0.25) is 0 Å². The monoisotopic (exact) mass is 158 g/mol. The van der Waals surface area contributed by atoms with Crippen LogP contribution in [0.25, 0.3) is 0 Å². The molecule has 3 N–H and O–H groups in total. The van der Waals surface area contributed by atoms with E-state index >= 15 is 0 Å².